The van der Waals surface area contributed by atoms with Gasteiger partial charge in [0.25, 0.3) is 5.91 Å². The normalized spacial score (nSPS) is 26.1. The zero-order chi connectivity index (χ0) is 24.0. The zero-order valence-electron chi connectivity index (χ0n) is 19.6. The average molecular weight is 464 g/mol. The molecular formula is C27H29NO6. The lowest BCUT2D eigenvalue weighted by atomic mass is 9.74. The first-order chi connectivity index (χ1) is 16.4. The Balaban J connectivity index is 1.57. The van der Waals surface area contributed by atoms with E-state index in [0.29, 0.717) is 23.6 Å². The van der Waals surface area contributed by atoms with Gasteiger partial charge in [0, 0.05) is 6.54 Å². The number of ether oxygens (including phenoxy) is 3. The number of Topliss-reactive ketones (excluding diaryl/α,β-unsaturated/α-hetero) is 1. The van der Waals surface area contributed by atoms with Gasteiger partial charge in [0.05, 0.1) is 31.8 Å². The maximum absolute atomic E-state index is 13.8. The van der Waals surface area contributed by atoms with Gasteiger partial charge in [-0.15, -0.1) is 0 Å². The van der Waals surface area contributed by atoms with E-state index in [1.54, 1.807) is 24.1 Å². The highest BCUT2D eigenvalue weighted by Crippen LogP contribution is 2.48. The Kier molecular flexibility index (Phi) is 5.71. The minimum absolute atomic E-state index is 0.000391. The standard InChI is InChI=1S/C27H29NO6/c1-15-4-11-21-19(12-15)25(30)23-24(17-7-10-20(29)22(13-17)33-3)28(27(31)26(23)34-21)14-16-5-8-18(32-2)9-6-16/h5-10,13,15,19,21,24,29H,4,11-12,14H2,1-3H3. The van der Waals surface area contributed by atoms with Crippen LogP contribution in [0.4, 0.5) is 0 Å². The molecule has 1 saturated carbocycles. The maximum atomic E-state index is 13.8. The highest BCUT2D eigenvalue weighted by atomic mass is 16.5. The van der Waals surface area contributed by atoms with Crippen molar-refractivity contribution in [2.75, 3.05) is 14.2 Å². The van der Waals surface area contributed by atoms with Crippen LogP contribution in [0.2, 0.25) is 0 Å². The largest absolute Gasteiger partial charge is 0.504 e. The molecule has 4 unspecified atom stereocenters. The van der Waals surface area contributed by atoms with E-state index in [1.807, 2.05) is 24.3 Å². The van der Waals surface area contributed by atoms with Crippen molar-refractivity contribution in [1.82, 2.24) is 4.90 Å². The minimum atomic E-state index is -0.621. The van der Waals surface area contributed by atoms with Crippen LogP contribution in [0.25, 0.3) is 0 Å². The fourth-order valence-electron chi connectivity index (χ4n) is 5.43. The van der Waals surface area contributed by atoms with Crippen molar-refractivity contribution in [3.05, 3.63) is 64.9 Å². The van der Waals surface area contributed by atoms with E-state index >= 15 is 0 Å². The molecule has 0 aromatic heterocycles. The summed E-state index contributed by atoms with van der Waals surface area (Å²) in [5, 5.41) is 10.1. The van der Waals surface area contributed by atoms with Crippen LogP contribution in [0.1, 0.15) is 43.4 Å². The number of fused-ring (bicyclic) bond motifs is 1. The number of rotatable bonds is 5. The van der Waals surface area contributed by atoms with E-state index in [0.717, 1.165) is 30.6 Å². The maximum Gasteiger partial charge on any atom is 0.290 e. The molecule has 5 rings (SSSR count). The van der Waals surface area contributed by atoms with E-state index in [2.05, 4.69) is 6.92 Å². The smallest absolute Gasteiger partial charge is 0.290 e. The highest BCUT2D eigenvalue weighted by Gasteiger charge is 2.52. The third-order valence-corrected chi connectivity index (χ3v) is 7.24. The predicted octanol–water partition coefficient (Wildman–Crippen LogP) is 4.15. The molecule has 2 aromatic rings. The number of phenols is 1. The molecule has 0 saturated heterocycles. The summed E-state index contributed by atoms with van der Waals surface area (Å²) < 4.78 is 16.8. The van der Waals surface area contributed by atoms with Crippen LogP contribution in [0.5, 0.6) is 17.2 Å². The second-order valence-electron chi connectivity index (χ2n) is 9.40. The minimum Gasteiger partial charge on any atom is -0.504 e. The summed E-state index contributed by atoms with van der Waals surface area (Å²) in [5.41, 5.74) is 2.02. The van der Waals surface area contributed by atoms with Crippen LogP contribution in [0.3, 0.4) is 0 Å². The van der Waals surface area contributed by atoms with Crippen LogP contribution in [-0.2, 0) is 20.9 Å². The van der Waals surface area contributed by atoms with Crippen molar-refractivity contribution in [2.24, 2.45) is 11.8 Å². The number of amides is 1. The molecule has 4 atom stereocenters. The van der Waals surface area contributed by atoms with Gasteiger partial charge in [-0.2, -0.15) is 0 Å². The van der Waals surface area contributed by atoms with E-state index in [1.165, 1.54) is 13.2 Å². The van der Waals surface area contributed by atoms with Gasteiger partial charge >= 0.3 is 0 Å². The van der Waals surface area contributed by atoms with Gasteiger partial charge in [-0.1, -0.05) is 25.1 Å². The first kappa shape index (κ1) is 22.3. The monoisotopic (exact) mass is 463 g/mol. The topological polar surface area (TPSA) is 85.3 Å². The zero-order valence-corrected chi connectivity index (χ0v) is 19.6. The molecule has 7 nitrogen and oxygen atoms in total. The Labute approximate surface area is 198 Å². The average Bonchev–Trinajstić information content (AvgIpc) is 3.12. The molecule has 1 N–H and O–H groups in total. The van der Waals surface area contributed by atoms with Crippen molar-refractivity contribution >= 4 is 11.7 Å². The Hall–Kier alpha value is -3.48. The molecule has 0 spiro atoms. The molecular weight excluding hydrogens is 434 g/mol. The fraction of sp³-hybridized carbons (Fsp3) is 0.407. The van der Waals surface area contributed by atoms with E-state index in [4.69, 9.17) is 14.2 Å². The molecule has 0 bridgehead atoms. The van der Waals surface area contributed by atoms with Crippen LogP contribution in [0.15, 0.2) is 53.8 Å². The summed E-state index contributed by atoms with van der Waals surface area (Å²) in [5.74, 6) is 1.11. The van der Waals surface area contributed by atoms with E-state index in [-0.39, 0.29) is 41.0 Å². The SMILES string of the molecule is COc1ccc(CN2C(=O)C3=C(C(=O)C4CC(C)CCC4O3)C2c2ccc(O)c(OC)c2)cc1. The lowest BCUT2D eigenvalue weighted by molar-refractivity contribution is -0.136. The Morgan fingerprint density at radius 2 is 1.82 bits per heavy atom. The van der Waals surface area contributed by atoms with Crippen LogP contribution in [0, 0.1) is 11.8 Å². The summed E-state index contributed by atoms with van der Waals surface area (Å²) in [4.78, 5) is 29.1. The van der Waals surface area contributed by atoms with Gasteiger partial charge in [-0.25, -0.2) is 0 Å². The summed E-state index contributed by atoms with van der Waals surface area (Å²) in [7, 11) is 3.08. The van der Waals surface area contributed by atoms with Gasteiger partial charge < -0.3 is 24.2 Å². The van der Waals surface area contributed by atoms with Gasteiger partial charge in [-0.05, 0) is 60.6 Å². The Morgan fingerprint density at radius 3 is 2.53 bits per heavy atom. The number of hydrogen-bond acceptors (Lipinski definition) is 6. The number of nitrogens with zero attached hydrogens (tertiary/aromatic N) is 1. The first-order valence-corrected chi connectivity index (χ1v) is 11.7. The van der Waals surface area contributed by atoms with Gasteiger partial charge in [0.1, 0.15) is 11.9 Å². The number of phenolic OH excluding ortho intramolecular Hbond substituents is 1. The lowest BCUT2D eigenvalue weighted by Gasteiger charge is -2.37. The van der Waals surface area contributed by atoms with Crippen molar-refractivity contribution in [3.8, 4) is 17.2 Å². The number of hydrogen-bond donors (Lipinski definition) is 1. The molecule has 1 fully saturated rings. The van der Waals surface area contributed by atoms with Crippen LogP contribution < -0.4 is 9.47 Å². The van der Waals surface area contributed by atoms with E-state index in [9.17, 15) is 14.7 Å². The molecule has 3 aliphatic rings. The predicted molar refractivity (Wildman–Crippen MR) is 124 cm³/mol. The second-order valence-corrected chi connectivity index (χ2v) is 9.40. The summed E-state index contributed by atoms with van der Waals surface area (Å²) >= 11 is 0. The summed E-state index contributed by atoms with van der Waals surface area (Å²) in [6.07, 6.45) is 2.28. The molecule has 178 valence electrons. The number of carbonyl (C=O) groups excluding carboxylic acids is 2. The number of benzene rings is 2. The fourth-order valence-corrected chi connectivity index (χ4v) is 5.43. The van der Waals surface area contributed by atoms with Crippen molar-refractivity contribution < 1.29 is 28.9 Å². The van der Waals surface area contributed by atoms with Gasteiger partial charge in [0.15, 0.2) is 23.0 Å². The molecule has 2 heterocycles. The summed E-state index contributed by atoms with van der Waals surface area (Å²) in [6.45, 7) is 2.46. The third-order valence-electron chi connectivity index (χ3n) is 7.24. The third kappa shape index (κ3) is 3.69. The molecule has 34 heavy (non-hydrogen) atoms. The second kappa shape index (κ2) is 8.70. The molecule has 7 heteroatoms. The van der Waals surface area contributed by atoms with Crippen molar-refractivity contribution in [2.45, 2.75) is 44.9 Å². The summed E-state index contributed by atoms with van der Waals surface area (Å²) in [6, 6.07) is 11.8. The van der Waals surface area contributed by atoms with Crippen LogP contribution in [-0.4, -0.2) is 42.0 Å². The molecule has 2 aromatic carbocycles. The number of aromatic hydroxyl groups is 1. The van der Waals surface area contributed by atoms with Crippen molar-refractivity contribution in [1.29, 1.82) is 0 Å². The number of methoxy groups -OCH3 is 2. The van der Waals surface area contributed by atoms with Gasteiger partial charge in [-0.3, -0.25) is 9.59 Å². The molecule has 2 aliphatic heterocycles. The molecule has 0 radical (unpaired) electrons. The van der Waals surface area contributed by atoms with Crippen LogP contribution >= 0.6 is 0 Å². The lowest BCUT2D eigenvalue weighted by Crippen LogP contribution is -2.41. The highest BCUT2D eigenvalue weighted by molar-refractivity contribution is 6.11. The Bertz CT molecular complexity index is 1150. The number of ketones is 1. The quantitative estimate of drug-likeness (QED) is 0.717. The molecule has 1 aliphatic carbocycles. The number of carbonyl (C=O) groups is 2. The van der Waals surface area contributed by atoms with E-state index < -0.39 is 6.04 Å². The Morgan fingerprint density at radius 1 is 1.06 bits per heavy atom. The van der Waals surface area contributed by atoms with Crippen molar-refractivity contribution in [3.63, 3.8) is 0 Å². The first-order valence-electron chi connectivity index (χ1n) is 11.7. The van der Waals surface area contributed by atoms with Gasteiger partial charge in [0.2, 0.25) is 0 Å². The molecule has 1 amide bonds.